The third-order valence-corrected chi connectivity index (χ3v) is 5.51. The zero-order chi connectivity index (χ0) is 14.7. The van der Waals surface area contributed by atoms with Gasteiger partial charge in [-0.05, 0) is 17.7 Å². The van der Waals surface area contributed by atoms with Crippen molar-refractivity contribution in [2.24, 2.45) is 0 Å². The SMILES string of the molecule is O=S(=O)(c1cccnc1)N1CCNC[C@H]1c1ccccc1. The first-order chi connectivity index (χ1) is 10.2. The highest BCUT2D eigenvalue weighted by atomic mass is 32.2. The van der Waals surface area contributed by atoms with Gasteiger partial charge in [-0.25, -0.2) is 8.42 Å². The molecule has 2 aromatic rings. The summed E-state index contributed by atoms with van der Waals surface area (Å²) in [5.41, 5.74) is 0.997. The molecule has 0 spiro atoms. The first-order valence-electron chi connectivity index (χ1n) is 6.87. The normalized spacial score (nSPS) is 20.3. The maximum Gasteiger partial charge on any atom is 0.245 e. The number of aromatic nitrogens is 1. The van der Waals surface area contributed by atoms with Gasteiger partial charge >= 0.3 is 0 Å². The van der Waals surface area contributed by atoms with Crippen LogP contribution < -0.4 is 5.32 Å². The Labute approximate surface area is 124 Å². The summed E-state index contributed by atoms with van der Waals surface area (Å²) in [5, 5.41) is 3.27. The molecule has 2 heterocycles. The Hall–Kier alpha value is -1.76. The minimum Gasteiger partial charge on any atom is -0.313 e. The largest absolute Gasteiger partial charge is 0.313 e. The van der Waals surface area contributed by atoms with Gasteiger partial charge in [-0.15, -0.1) is 0 Å². The van der Waals surface area contributed by atoms with E-state index in [1.54, 1.807) is 22.6 Å². The Kier molecular flexibility index (Phi) is 4.01. The molecule has 0 radical (unpaired) electrons. The van der Waals surface area contributed by atoms with Gasteiger partial charge in [0.05, 0.1) is 6.04 Å². The van der Waals surface area contributed by atoms with E-state index in [1.807, 2.05) is 30.3 Å². The third-order valence-electron chi connectivity index (χ3n) is 3.62. The lowest BCUT2D eigenvalue weighted by Crippen LogP contribution is -2.48. The number of nitrogens with one attached hydrogen (secondary N) is 1. The van der Waals surface area contributed by atoms with Crippen molar-refractivity contribution in [3.05, 3.63) is 60.4 Å². The van der Waals surface area contributed by atoms with Crippen LogP contribution in [0.5, 0.6) is 0 Å². The summed E-state index contributed by atoms with van der Waals surface area (Å²) in [6.07, 6.45) is 2.98. The van der Waals surface area contributed by atoms with Crippen LogP contribution in [0.3, 0.4) is 0 Å². The minimum absolute atomic E-state index is 0.190. The van der Waals surface area contributed by atoms with Crippen molar-refractivity contribution in [2.75, 3.05) is 19.6 Å². The molecule has 5 nitrogen and oxygen atoms in total. The van der Waals surface area contributed by atoms with Crippen molar-refractivity contribution >= 4 is 10.0 Å². The van der Waals surface area contributed by atoms with Crippen LogP contribution in [-0.4, -0.2) is 37.3 Å². The topological polar surface area (TPSA) is 62.3 Å². The van der Waals surface area contributed by atoms with Gasteiger partial charge in [0.15, 0.2) is 0 Å². The smallest absolute Gasteiger partial charge is 0.245 e. The van der Waals surface area contributed by atoms with Crippen LogP contribution >= 0.6 is 0 Å². The van der Waals surface area contributed by atoms with Crippen molar-refractivity contribution < 1.29 is 8.42 Å². The number of nitrogens with zero attached hydrogens (tertiary/aromatic N) is 2. The number of hydrogen-bond donors (Lipinski definition) is 1. The maximum absolute atomic E-state index is 12.8. The highest BCUT2D eigenvalue weighted by Gasteiger charge is 2.34. The zero-order valence-corrected chi connectivity index (χ0v) is 12.3. The summed E-state index contributed by atoms with van der Waals surface area (Å²) >= 11 is 0. The molecule has 1 aliphatic heterocycles. The standard InChI is InChI=1S/C15H17N3O2S/c19-21(20,14-7-4-8-16-11-14)18-10-9-17-12-15(18)13-5-2-1-3-6-13/h1-8,11,15,17H,9-10,12H2/t15-/m0/s1. The van der Waals surface area contributed by atoms with Crippen LogP contribution in [0.1, 0.15) is 11.6 Å². The fourth-order valence-electron chi connectivity index (χ4n) is 2.57. The van der Waals surface area contributed by atoms with E-state index in [2.05, 4.69) is 10.3 Å². The number of benzene rings is 1. The van der Waals surface area contributed by atoms with E-state index in [1.165, 1.54) is 6.20 Å². The predicted octanol–water partition coefficient (Wildman–Crippen LogP) is 1.42. The van der Waals surface area contributed by atoms with Gasteiger partial charge in [-0.3, -0.25) is 4.98 Å². The molecule has 0 saturated carbocycles. The van der Waals surface area contributed by atoms with Crippen molar-refractivity contribution in [1.82, 2.24) is 14.6 Å². The Balaban J connectivity index is 1.99. The number of sulfonamides is 1. The maximum atomic E-state index is 12.8. The van der Waals surface area contributed by atoms with E-state index in [-0.39, 0.29) is 10.9 Å². The second kappa shape index (κ2) is 5.93. The van der Waals surface area contributed by atoms with Crippen molar-refractivity contribution in [3.8, 4) is 0 Å². The van der Waals surface area contributed by atoms with Crippen LogP contribution in [0.25, 0.3) is 0 Å². The molecule has 0 bridgehead atoms. The Bertz CT molecular complexity index is 689. The quantitative estimate of drug-likeness (QED) is 0.931. The molecular formula is C15H17N3O2S. The van der Waals surface area contributed by atoms with Gasteiger partial charge in [0.2, 0.25) is 10.0 Å². The molecule has 1 saturated heterocycles. The number of hydrogen-bond acceptors (Lipinski definition) is 4. The van der Waals surface area contributed by atoms with Crippen LogP contribution in [0.2, 0.25) is 0 Å². The van der Waals surface area contributed by atoms with Gasteiger partial charge in [0, 0.05) is 32.0 Å². The zero-order valence-electron chi connectivity index (χ0n) is 11.5. The summed E-state index contributed by atoms with van der Waals surface area (Å²) < 4.78 is 27.2. The molecule has 1 aromatic carbocycles. The third kappa shape index (κ3) is 2.83. The lowest BCUT2D eigenvalue weighted by Gasteiger charge is -2.35. The van der Waals surface area contributed by atoms with Crippen molar-refractivity contribution in [2.45, 2.75) is 10.9 Å². The van der Waals surface area contributed by atoms with Gasteiger partial charge in [-0.1, -0.05) is 30.3 Å². The van der Waals surface area contributed by atoms with Crippen LogP contribution in [0.4, 0.5) is 0 Å². The molecule has 3 rings (SSSR count). The van der Waals surface area contributed by atoms with Crippen LogP contribution in [0.15, 0.2) is 59.8 Å². The molecule has 1 N–H and O–H groups in total. The summed E-state index contributed by atoms with van der Waals surface area (Å²) in [5.74, 6) is 0. The predicted molar refractivity (Wildman–Crippen MR) is 80.2 cm³/mol. The molecule has 1 aromatic heterocycles. The van der Waals surface area contributed by atoms with Crippen LogP contribution in [-0.2, 0) is 10.0 Å². The molecule has 1 aliphatic rings. The first-order valence-corrected chi connectivity index (χ1v) is 8.31. The molecule has 0 aliphatic carbocycles. The molecule has 1 atom stereocenters. The monoisotopic (exact) mass is 303 g/mol. The van der Waals surface area contributed by atoms with E-state index >= 15 is 0 Å². The van der Waals surface area contributed by atoms with E-state index in [9.17, 15) is 8.42 Å². The van der Waals surface area contributed by atoms with Crippen molar-refractivity contribution in [3.63, 3.8) is 0 Å². The Morgan fingerprint density at radius 3 is 2.67 bits per heavy atom. The lowest BCUT2D eigenvalue weighted by molar-refractivity contribution is 0.271. The van der Waals surface area contributed by atoms with Gasteiger partial charge < -0.3 is 5.32 Å². The second-order valence-corrected chi connectivity index (χ2v) is 6.83. The molecule has 0 amide bonds. The fourth-order valence-corrected chi connectivity index (χ4v) is 4.15. The molecule has 110 valence electrons. The molecular weight excluding hydrogens is 286 g/mol. The summed E-state index contributed by atoms with van der Waals surface area (Å²) in [6.45, 7) is 1.73. The number of pyridine rings is 1. The number of piperazine rings is 1. The second-order valence-electron chi connectivity index (χ2n) is 4.94. The molecule has 21 heavy (non-hydrogen) atoms. The molecule has 1 fully saturated rings. The van der Waals surface area contributed by atoms with E-state index < -0.39 is 10.0 Å². The highest BCUT2D eigenvalue weighted by molar-refractivity contribution is 7.89. The van der Waals surface area contributed by atoms with Gasteiger partial charge in [0.25, 0.3) is 0 Å². The van der Waals surface area contributed by atoms with Gasteiger partial charge in [-0.2, -0.15) is 4.31 Å². The average Bonchev–Trinajstić information content (AvgIpc) is 2.56. The molecule has 0 unspecified atom stereocenters. The average molecular weight is 303 g/mol. The fraction of sp³-hybridized carbons (Fsp3) is 0.267. The van der Waals surface area contributed by atoms with Crippen LogP contribution in [0, 0.1) is 0 Å². The van der Waals surface area contributed by atoms with E-state index in [0.717, 1.165) is 5.56 Å². The van der Waals surface area contributed by atoms with E-state index in [4.69, 9.17) is 0 Å². The highest BCUT2D eigenvalue weighted by Crippen LogP contribution is 2.28. The van der Waals surface area contributed by atoms with Crippen molar-refractivity contribution in [1.29, 1.82) is 0 Å². The lowest BCUT2D eigenvalue weighted by atomic mass is 10.1. The molecule has 6 heteroatoms. The summed E-state index contributed by atoms with van der Waals surface area (Å²) in [4.78, 5) is 4.17. The summed E-state index contributed by atoms with van der Waals surface area (Å²) in [7, 11) is -3.53. The summed E-state index contributed by atoms with van der Waals surface area (Å²) in [6, 6.07) is 12.8. The Morgan fingerprint density at radius 2 is 1.95 bits per heavy atom. The van der Waals surface area contributed by atoms with Gasteiger partial charge in [0.1, 0.15) is 4.90 Å². The minimum atomic E-state index is -3.53. The number of rotatable bonds is 3. The van der Waals surface area contributed by atoms with E-state index in [0.29, 0.717) is 19.6 Å². The first kappa shape index (κ1) is 14.2. The Morgan fingerprint density at radius 1 is 1.14 bits per heavy atom.